The summed E-state index contributed by atoms with van der Waals surface area (Å²) in [4.78, 5) is 27.0. The van der Waals surface area contributed by atoms with Crippen molar-refractivity contribution in [2.75, 3.05) is 13.1 Å². The van der Waals surface area contributed by atoms with Gasteiger partial charge in [-0.2, -0.15) is 0 Å². The topological polar surface area (TPSA) is 69.6 Å². The molecule has 0 radical (unpaired) electrons. The van der Waals surface area contributed by atoms with Gasteiger partial charge in [0.2, 0.25) is 11.8 Å². The van der Waals surface area contributed by atoms with Crippen LogP contribution < -0.4 is 5.32 Å². The zero-order valence-electron chi connectivity index (χ0n) is 17.3. The Kier molecular flexibility index (Phi) is 7.88. The summed E-state index contributed by atoms with van der Waals surface area (Å²) in [7, 11) is 0. The predicted molar refractivity (Wildman–Crippen MR) is 118 cm³/mol. The quantitative estimate of drug-likeness (QED) is 0.705. The standard InChI is InChI=1S/C24H29ClN2O3/c1-17(23(29)19-8-10-21(25)11-9-19)26-24(30)20-13-15-27(16-14-20)22(28)12-7-18-5-3-2-4-6-18/h2-6,8-11,17,20,23,29H,7,12-16H2,1H3,(H,26,30)/t17-,23-/m0/s1. The Morgan fingerprint density at radius 1 is 1.10 bits per heavy atom. The van der Waals surface area contributed by atoms with Crippen LogP contribution in [0.3, 0.4) is 0 Å². The molecule has 1 aliphatic heterocycles. The first-order valence-electron chi connectivity index (χ1n) is 10.5. The Bertz CT molecular complexity index is 833. The zero-order valence-corrected chi connectivity index (χ0v) is 18.0. The number of nitrogens with one attached hydrogen (secondary N) is 1. The van der Waals surface area contributed by atoms with E-state index in [0.717, 1.165) is 12.0 Å². The predicted octanol–water partition coefficient (Wildman–Crippen LogP) is 3.75. The van der Waals surface area contributed by atoms with Gasteiger partial charge in [-0.1, -0.05) is 54.1 Å². The van der Waals surface area contributed by atoms with Crippen LogP contribution in [0.2, 0.25) is 5.02 Å². The average molecular weight is 429 g/mol. The highest BCUT2D eigenvalue weighted by atomic mass is 35.5. The van der Waals surface area contributed by atoms with Gasteiger partial charge in [0, 0.05) is 30.5 Å². The summed E-state index contributed by atoms with van der Waals surface area (Å²) in [5, 5.41) is 14.0. The highest BCUT2D eigenvalue weighted by molar-refractivity contribution is 6.30. The first-order valence-corrected chi connectivity index (χ1v) is 10.9. The van der Waals surface area contributed by atoms with E-state index in [9.17, 15) is 14.7 Å². The van der Waals surface area contributed by atoms with Crippen LogP contribution in [0.5, 0.6) is 0 Å². The molecule has 1 fully saturated rings. The van der Waals surface area contributed by atoms with Crippen molar-refractivity contribution in [1.29, 1.82) is 0 Å². The number of likely N-dealkylation sites (tertiary alicyclic amines) is 1. The highest BCUT2D eigenvalue weighted by Crippen LogP contribution is 2.22. The van der Waals surface area contributed by atoms with Gasteiger partial charge in [0.1, 0.15) is 0 Å². The summed E-state index contributed by atoms with van der Waals surface area (Å²) < 4.78 is 0. The molecule has 1 aliphatic rings. The zero-order chi connectivity index (χ0) is 21.5. The first-order chi connectivity index (χ1) is 14.4. The van der Waals surface area contributed by atoms with Gasteiger partial charge in [0.15, 0.2) is 0 Å². The number of aryl methyl sites for hydroxylation is 1. The van der Waals surface area contributed by atoms with Gasteiger partial charge in [-0.05, 0) is 49.4 Å². The number of halogens is 1. The van der Waals surface area contributed by atoms with E-state index < -0.39 is 12.1 Å². The van der Waals surface area contributed by atoms with Crippen molar-refractivity contribution >= 4 is 23.4 Å². The normalized spacial score (nSPS) is 16.7. The number of carbonyl (C=O) groups excluding carboxylic acids is 2. The number of aliphatic hydroxyl groups is 1. The molecule has 0 unspecified atom stereocenters. The third-order valence-corrected chi connectivity index (χ3v) is 6.00. The number of hydrogen-bond acceptors (Lipinski definition) is 3. The molecule has 2 N–H and O–H groups in total. The molecule has 0 saturated carbocycles. The molecule has 6 heteroatoms. The maximum Gasteiger partial charge on any atom is 0.223 e. The Balaban J connectivity index is 1.43. The van der Waals surface area contributed by atoms with Crippen molar-refractivity contribution in [3.05, 3.63) is 70.7 Å². The molecular formula is C24H29ClN2O3. The fourth-order valence-corrected chi connectivity index (χ4v) is 3.94. The smallest absolute Gasteiger partial charge is 0.223 e. The van der Waals surface area contributed by atoms with E-state index >= 15 is 0 Å². The molecule has 5 nitrogen and oxygen atoms in total. The number of amides is 2. The molecule has 2 amide bonds. The summed E-state index contributed by atoms with van der Waals surface area (Å²) in [5.41, 5.74) is 1.87. The van der Waals surface area contributed by atoms with Crippen molar-refractivity contribution < 1.29 is 14.7 Å². The summed E-state index contributed by atoms with van der Waals surface area (Å²) in [5.74, 6) is -0.0563. The van der Waals surface area contributed by atoms with Gasteiger partial charge in [-0.25, -0.2) is 0 Å². The van der Waals surface area contributed by atoms with Crippen LogP contribution in [0.15, 0.2) is 54.6 Å². The molecule has 0 spiro atoms. The fourth-order valence-electron chi connectivity index (χ4n) is 3.81. The summed E-state index contributed by atoms with van der Waals surface area (Å²) in [6, 6.07) is 16.5. The molecule has 0 bridgehead atoms. The van der Waals surface area contributed by atoms with Gasteiger partial charge >= 0.3 is 0 Å². The molecule has 1 heterocycles. The number of piperidine rings is 1. The monoisotopic (exact) mass is 428 g/mol. The van der Waals surface area contributed by atoms with Crippen LogP contribution >= 0.6 is 11.6 Å². The SMILES string of the molecule is C[C@H](NC(=O)C1CCN(C(=O)CCc2ccccc2)CC1)[C@H](O)c1ccc(Cl)cc1. The van der Waals surface area contributed by atoms with Gasteiger partial charge in [0.05, 0.1) is 12.1 Å². The maximum absolute atomic E-state index is 12.6. The lowest BCUT2D eigenvalue weighted by molar-refractivity contribution is -0.136. The highest BCUT2D eigenvalue weighted by Gasteiger charge is 2.29. The lowest BCUT2D eigenvalue weighted by atomic mass is 9.94. The van der Waals surface area contributed by atoms with Crippen LogP contribution in [0.4, 0.5) is 0 Å². The van der Waals surface area contributed by atoms with E-state index in [4.69, 9.17) is 11.6 Å². The lowest BCUT2D eigenvalue weighted by Crippen LogP contribution is -2.46. The van der Waals surface area contributed by atoms with Crippen LogP contribution in [0, 0.1) is 5.92 Å². The molecule has 2 aromatic carbocycles. The molecular weight excluding hydrogens is 400 g/mol. The minimum atomic E-state index is -0.800. The van der Waals surface area contributed by atoms with Crippen molar-refractivity contribution in [3.8, 4) is 0 Å². The number of benzene rings is 2. The Morgan fingerprint density at radius 3 is 2.37 bits per heavy atom. The van der Waals surface area contributed by atoms with E-state index in [1.54, 1.807) is 31.2 Å². The van der Waals surface area contributed by atoms with Gasteiger partial charge in [-0.15, -0.1) is 0 Å². The third kappa shape index (κ3) is 6.07. The molecule has 0 aromatic heterocycles. The second-order valence-electron chi connectivity index (χ2n) is 7.93. The van der Waals surface area contributed by atoms with E-state index in [1.165, 1.54) is 0 Å². The van der Waals surface area contributed by atoms with Gasteiger partial charge in [0.25, 0.3) is 0 Å². The minimum absolute atomic E-state index is 0.0631. The second kappa shape index (κ2) is 10.6. The molecule has 30 heavy (non-hydrogen) atoms. The number of nitrogens with zero attached hydrogens (tertiary/aromatic N) is 1. The van der Waals surface area contributed by atoms with Crippen LogP contribution in [-0.2, 0) is 16.0 Å². The van der Waals surface area contributed by atoms with Crippen molar-refractivity contribution in [3.63, 3.8) is 0 Å². The van der Waals surface area contributed by atoms with Crippen molar-refractivity contribution in [2.45, 2.75) is 44.8 Å². The van der Waals surface area contributed by atoms with Crippen LogP contribution in [-0.4, -0.2) is 41.0 Å². The van der Waals surface area contributed by atoms with E-state index in [0.29, 0.717) is 42.9 Å². The van der Waals surface area contributed by atoms with E-state index in [-0.39, 0.29) is 17.7 Å². The number of rotatable bonds is 7. The van der Waals surface area contributed by atoms with Crippen molar-refractivity contribution in [2.24, 2.45) is 5.92 Å². The summed E-state index contributed by atoms with van der Waals surface area (Å²) in [6.45, 7) is 2.99. The molecule has 0 aliphatic carbocycles. The third-order valence-electron chi connectivity index (χ3n) is 5.74. The van der Waals surface area contributed by atoms with Gasteiger partial charge in [-0.3, -0.25) is 9.59 Å². The first kappa shape index (κ1) is 22.3. The van der Waals surface area contributed by atoms with Gasteiger partial charge < -0.3 is 15.3 Å². The summed E-state index contributed by atoms with van der Waals surface area (Å²) in [6.07, 6.45) is 1.72. The van der Waals surface area contributed by atoms with E-state index in [2.05, 4.69) is 5.32 Å². The van der Waals surface area contributed by atoms with Crippen molar-refractivity contribution in [1.82, 2.24) is 10.2 Å². The molecule has 2 atom stereocenters. The number of hydrogen-bond donors (Lipinski definition) is 2. The Morgan fingerprint density at radius 2 is 1.73 bits per heavy atom. The summed E-state index contributed by atoms with van der Waals surface area (Å²) >= 11 is 5.89. The molecule has 2 aromatic rings. The Labute approximate surface area is 183 Å². The minimum Gasteiger partial charge on any atom is -0.386 e. The molecule has 3 rings (SSSR count). The van der Waals surface area contributed by atoms with Crippen LogP contribution in [0.1, 0.15) is 43.4 Å². The molecule has 1 saturated heterocycles. The largest absolute Gasteiger partial charge is 0.386 e. The second-order valence-corrected chi connectivity index (χ2v) is 8.37. The maximum atomic E-state index is 12.6. The molecule has 160 valence electrons. The number of aliphatic hydroxyl groups excluding tert-OH is 1. The lowest BCUT2D eigenvalue weighted by Gasteiger charge is -2.32. The average Bonchev–Trinajstić information content (AvgIpc) is 2.78. The number of carbonyl (C=O) groups is 2. The van der Waals surface area contributed by atoms with E-state index in [1.807, 2.05) is 35.2 Å². The Hall–Kier alpha value is -2.37. The van der Waals surface area contributed by atoms with Crippen LogP contribution in [0.25, 0.3) is 0 Å². The fraction of sp³-hybridized carbons (Fsp3) is 0.417.